The maximum Gasteiger partial charge on any atom is 0.573 e. The summed E-state index contributed by atoms with van der Waals surface area (Å²) in [5.74, 6) is 0.270. The quantitative estimate of drug-likeness (QED) is 0.530. The Morgan fingerprint density at radius 3 is 2.72 bits per heavy atom. The Hall–Kier alpha value is -2.45. The lowest BCUT2D eigenvalue weighted by Gasteiger charge is -2.33. The third-order valence-corrected chi connectivity index (χ3v) is 4.70. The van der Waals surface area contributed by atoms with Gasteiger partial charge in [-0.15, -0.1) is 13.2 Å². The molecular weight excluding hydrogens is 385 g/mol. The van der Waals surface area contributed by atoms with Crippen molar-refractivity contribution in [3.63, 3.8) is 0 Å². The molecule has 0 radical (unpaired) electrons. The first kappa shape index (κ1) is 22.8. The van der Waals surface area contributed by atoms with Crippen LogP contribution in [0.2, 0.25) is 0 Å². The molecule has 1 saturated heterocycles. The predicted octanol–water partition coefficient (Wildman–Crippen LogP) is 3.43. The van der Waals surface area contributed by atoms with Gasteiger partial charge in [0.25, 0.3) is 0 Å². The minimum atomic E-state index is -4.76. The lowest BCUT2D eigenvalue weighted by atomic mass is 10.0. The Bertz CT molecular complexity index is 695. The van der Waals surface area contributed by atoms with Gasteiger partial charge >= 0.3 is 6.36 Å². The number of rotatable bonds is 7. The highest BCUT2D eigenvalue weighted by Gasteiger charge is 2.32. The maximum atomic E-state index is 12.5. The first-order chi connectivity index (χ1) is 13.8. The fourth-order valence-electron chi connectivity index (χ4n) is 3.26. The molecule has 1 heterocycles. The molecule has 1 aromatic rings. The highest BCUT2D eigenvalue weighted by atomic mass is 19.4. The summed E-state index contributed by atoms with van der Waals surface area (Å²) in [4.78, 5) is 18.6. The number of halogens is 3. The summed E-state index contributed by atoms with van der Waals surface area (Å²) in [5, 5.41) is 6.11. The van der Waals surface area contributed by atoms with Crippen LogP contribution in [0.4, 0.5) is 13.2 Å². The largest absolute Gasteiger partial charge is 0.573 e. The number of carbonyl (C=O) groups excluding carboxylic acids is 1. The minimum absolute atomic E-state index is 0.0126. The van der Waals surface area contributed by atoms with Gasteiger partial charge in [0.1, 0.15) is 5.75 Å². The van der Waals surface area contributed by atoms with E-state index in [-0.39, 0.29) is 24.2 Å². The van der Waals surface area contributed by atoms with Gasteiger partial charge in [-0.1, -0.05) is 18.2 Å². The van der Waals surface area contributed by atoms with E-state index in [0.29, 0.717) is 31.0 Å². The van der Waals surface area contributed by atoms with Gasteiger partial charge in [0.2, 0.25) is 5.91 Å². The molecule has 1 amide bonds. The van der Waals surface area contributed by atoms with Crippen molar-refractivity contribution in [1.82, 2.24) is 15.5 Å². The molecular formula is C20H29F3N4O2. The third kappa shape index (κ3) is 7.83. The molecule has 1 fully saturated rings. The fraction of sp³-hybridized carbons (Fsp3) is 0.600. The van der Waals surface area contributed by atoms with Gasteiger partial charge in [0.05, 0.1) is 6.54 Å². The first-order valence-electron chi connectivity index (χ1n) is 9.95. The van der Waals surface area contributed by atoms with E-state index in [1.54, 1.807) is 6.07 Å². The van der Waals surface area contributed by atoms with Gasteiger partial charge in [-0.25, -0.2) is 4.99 Å². The normalized spacial score (nSPS) is 17.8. The summed E-state index contributed by atoms with van der Waals surface area (Å²) < 4.78 is 41.7. The molecule has 1 aromatic carbocycles. The van der Waals surface area contributed by atoms with Crippen molar-refractivity contribution in [2.45, 2.75) is 58.5 Å². The van der Waals surface area contributed by atoms with Crippen molar-refractivity contribution >= 4 is 11.9 Å². The Kier molecular flexibility index (Phi) is 8.60. The Balaban J connectivity index is 1.92. The number of nitrogens with zero attached hydrogens (tertiary/aromatic N) is 2. The summed E-state index contributed by atoms with van der Waals surface area (Å²) in [5.41, 5.74) is 0.320. The minimum Gasteiger partial charge on any atom is -0.405 e. The molecule has 0 aromatic heterocycles. The standard InChI is InChI=1S/C20H29F3N4O2/c1-3-24-19(25-12-11-18(28)27-13-7-6-8-15(27)2)26-14-16-9-4-5-10-17(16)29-20(21,22)23/h4-5,9-10,15H,3,6-8,11-14H2,1-2H3,(H2,24,25,26). The molecule has 0 spiro atoms. The topological polar surface area (TPSA) is 66.0 Å². The van der Waals surface area contributed by atoms with Crippen LogP contribution in [-0.2, 0) is 11.3 Å². The lowest BCUT2D eigenvalue weighted by Crippen LogP contribution is -2.44. The number of benzene rings is 1. The zero-order chi connectivity index (χ0) is 21.3. The van der Waals surface area contributed by atoms with Gasteiger partial charge in [-0.3, -0.25) is 4.79 Å². The Morgan fingerprint density at radius 2 is 2.03 bits per heavy atom. The lowest BCUT2D eigenvalue weighted by molar-refractivity contribution is -0.274. The van der Waals surface area contributed by atoms with E-state index in [1.165, 1.54) is 18.2 Å². The number of piperidine rings is 1. The van der Waals surface area contributed by atoms with E-state index in [4.69, 9.17) is 0 Å². The van der Waals surface area contributed by atoms with Crippen LogP contribution in [0.1, 0.15) is 45.1 Å². The average Bonchev–Trinajstić information content (AvgIpc) is 2.66. The van der Waals surface area contributed by atoms with Crippen molar-refractivity contribution in [2.24, 2.45) is 4.99 Å². The number of para-hydroxylation sites is 1. The molecule has 6 nitrogen and oxygen atoms in total. The van der Waals surface area contributed by atoms with Crippen molar-refractivity contribution in [3.05, 3.63) is 29.8 Å². The maximum absolute atomic E-state index is 12.5. The number of hydrogen-bond acceptors (Lipinski definition) is 3. The summed E-state index contributed by atoms with van der Waals surface area (Å²) in [6.07, 6.45) is -1.20. The average molecular weight is 414 g/mol. The third-order valence-electron chi connectivity index (χ3n) is 4.70. The van der Waals surface area contributed by atoms with Gasteiger partial charge < -0.3 is 20.3 Å². The molecule has 1 aliphatic rings. The number of hydrogen-bond donors (Lipinski definition) is 2. The second kappa shape index (κ2) is 10.9. The molecule has 2 rings (SSSR count). The van der Waals surface area contributed by atoms with Crippen molar-refractivity contribution in [1.29, 1.82) is 0 Å². The van der Waals surface area contributed by atoms with E-state index in [2.05, 4.69) is 27.3 Å². The summed E-state index contributed by atoms with van der Waals surface area (Å²) >= 11 is 0. The van der Waals surface area contributed by atoms with Crippen LogP contribution in [0.15, 0.2) is 29.3 Å². The van der Waals surface area contributed by atoms with Crippen LogP contribution in [-0.4, -0.2) is 48.8 Å². The fourth-order valence-corrected chi connectivity index (χ4v) is 3.26. The monoisotopic (exact) mass is 414 g/mol. The van der Waals surface area contributed by atoms with Gasteiger partial charge in [0.15, 0.2) is 5.96 Å². The van der Waals surface area contributed by atoms with E-state index >= 15 is 0 Å². The molecule has 0 aliphatic carbocycles. The number of amides is 1. The number of aliphatic imine (C=N–C) groups is 1. The van der Waals surface area contributed by atoms with E-state index in [0.717, 1.165) is 25.8 Å². The zero-order valence-electron chi connectivity index (χ0n) is 16.9. The number of ether oxygens (including phenoxy) is 1. The van der Waals surface area contributed by atoms with E-state index in [1.807, 2.05) is 11.8 Å². The summed E-state index contributed by atoms with van der Waals surface area (Å²) in [6, 6.07) is 6.17. The van der Waals surface area contributed by atoms with Crippen LogP contribution in [0.3, 0.4) is 0 Å². The van der Waals surface area contributed by atoms with Crippen LogP contribution in [0.25, 0.3) is 0 Å². The molecule has 1 atom stereocenters. The molecule has 1 unspecified atom stereocenters. The second-order valence-electron chi connectivity index (χ2n) is 6.96. The second-order valence-corrected chi connectivity index (χ2v) is 6.96. The molecule has 2 N–H and O–H groups in total. The van der Waals surface area contributed by atoms with Crippen molar-refractivity contribution in [3.8, 4) is 5.75 Å². The number of alkyl halides is 3. The SMILES string of the molecule is CCNC(=NCc1ccccc1OC(F)(F)F)NCCC(=O)N1CCCCC1C. The highest BCUT2D eigenvalue weighted by Crippen LogP contribution is 2.26. The molecule has 0 saturated carbocycles. The van der Waals surface area contributed by atoms with Crippen LogP contribution in [0, 0.1) is 0 Å². The predicted molar refractivity (Wildman–Crippen MR) is 106 cm³/mol. The Morgan fingerprint density at radius 1 is 1.28 bits per heavy atom. The number of carbonyl (C=O) groups is 1. The molecule has 162 valence electrons. The van der Waals surface area contributed by atoms with Crippen LogP contribution < -0.4 is 15.4 Å². The number of likely N-dealkylation sites (tertiary alicyclic amines) is 1. The molecule has 0 bridgehead atoms. The number of nitrogens with one attached hydrogen (secondary N) is 2. The van der Waals surface area contributed by atoms with Gasteiger partial charge in [0, 0.05) is 37.7 Å². The highest BCUT2D eigenvalue weighted by molar-refractivity contribution is 5.81. The summed E-state index contributed by atoms with van der Waals surface area (Å²) in [7, 11) is 0. The molecule has 1 aliphatic heterocycles. The first-order valence-corrected chi connectivity index (χ1v) is 9.95. The van der Waals surface area contributed by atoms with E-state index in [9.17, 15) is 18.0 Å². The van der Waals surface area contributed by atoms with Gasteiger partial charge in [-0.05, 0) is 39.2 Å². The van der Waals surface area contributed by atoms with E-state index < -0.39 is 6.36 Å². The van der Waals surface area contributed by atoms with Crippen molar-refractivity contribution in [2.75, 3.05) is 19.6 Å². The van der Waals surface area contributed by atoms with Crippen LogP contribution >= 0.6 is 0 Å². The van der Waals surface area contributed by atoms with Crippen LogP contribution in [0.5, 0.6) is 5.75 Å². The zero-order valence-corrected chi connectivity index (χ0v) is 16.9. The summed E-state index contributed by atoms with van der Waals surface area (Å²) in [6.45, 7) is 5.75. The smallest absolute Gasteiger partial charge is 0.405 e. The molecule has 29 heavy (non-hydrogen) atoms. The number of guanidine groups is 1. The van der Waals surface area contributed by atoms with Gasteiger partial charge in [-0.2, -0.15) is 0 Å². The van der Waals surface area contributed by atoms with Crippen molar-refractivity contribution < 1.29 is 22.7 Å². The molecule has 9 heteroatoms. The Labute approximate surface area is 169 Å².